The molecule has 0 saturated heterocycles. The van der Waals surface area contributed by atoms with Crippen molar-refractivity contribution in [3.63, 3.8) is 0 Å². The summed E-state index contributed by atoms with van der Waals surface area (Å²) in [5, 5.41) is 23.0. The van der Waals surface area contributed by atoms with Gasteiger partial charge in [0.25, 0.3) is 0 Å². The minimum absolute atomic E-state index is 0.161. The summed E-state index contributed by atoms with van der Waals surface area (Å²) < 4.78 is 240. The van der Waals surface area contributed by atoms with Crippen molar-refractivity contribution in [2.24, 2.45) is 0 Å². The lowest BCUT2D eigenvalue weighted by Crippen LogP contribution is -1.91. The Hall–Kier alpha value is -19.6. The topological polar surface area (TPSA) is 39.4 Å². The molecule has 0 fully saturated rings. The van der Waals surface area contributed by atoms with E-state index in [0.717, 1.165) is 136 Å². The molecule has 3 nitrogen and oxygen atoms in total. The average Bonchev–Trinajstić information content (AvgIpc) is 1.63. The summed E-state index contributed by atoms with van der Waals surface area (Å²) in [4.78, 5) is 0. The van der Waals surface area contributed by atoms with Crippen LogP contribution in [0, 0.1) is 0 Å². The van der Waals surface area contributed by atoms with E-state index in [0.29, 0.717) is 111 Å². The Morgan fingerprint density at radius 1 is 0.128 bits per heavy atom. The van der Waals surface area contributed by atoms with Crippen molar-refractivity contribution in [2.45, 2.75) is 0 Å². The first-order valence-corrected chi connectivity index (χ1v) is 49.4. The quantitative estimate of drug-likeness (QED) is 0.107. The molecule has 0 atom stereocenters. The highest BCUT2D eigenvalue weighted by atomic mass is 16.3. The number of fused-ring (bicyclic) bond motifs is 28. The zero-order valence-corrected chi connectivity index (χ0v) is 79.2. The first-order chi connectivity index (χ1) is 83.9. The smallest absolute Gasteiger partial charge is 0.143 e. The maximum absolute atomic E-state index is 9.53. The molecule has 0 bridgehead atoms. The number of hydrogen-bond acceptors (Lipinski definition) is 3. The van der Waals surface area contributed by atoms with Gasteiger partial charge in [-0.1, -0.05) is 479 Å². The fraction of sp³-hybridized carbons (Fsp3) is 0. The van der Waals surface area contributed by atoms with Crippen LogP contribution in [0.1, 0.15) is 32.9 Å². The van der Waals surface area contributed by atoms with Crippen LogP contribution in [0.3, 0.4) is 0 Å². The van der Waals surface area contributed by atoms with Gasteiger partial charge in [0.15, 0.2) is 0 Å². The Bertz CT molecular complexity index is 12600. The molecular weight excluding hydrogens is 1800 g/mol. The fourth-order valence-corrected chi connectivity index (χ4v) is 23.3. The van der Waals surface area contributed by atoms with Gasteiger partial charge in [0.2, 0.25) is 0 Å². The molecule has 29 aromatic carbocycles. The highest BCUT2D eigenvalue weighted by molar-refractivity contribution is 6.32. The van der Waals surface area contributed by atoms with Gasteiger partial charge in [0.1, 0.15) is 33.5 Å². The van der Waals surface area contributed by atoms with Crippen LogP contribution in [0.2, 0.25) is 0 Å². The monoisotopic (exact) mass is 1910 g/mol. The zero-order valence-electron chi connectivity index (χ0n) is 103. The van der Waals surface area contributed by atoms with E-state index in [2.05, 4.69) is 72.8 Å². The lowest BCUT2D eigenvalue weighted by Gasteiger charge is -2.19. The molecule has 0 unspecified atom stereocenters. The Morgan fingerprint density at radius 2 is 0.383 bits per heavy atom. The van der Waals surface area contributed by atoms with Crippen LogP contribution in [0.25, 0.3) is 317 Å². The molecule has 3 heterocycles. The molecular formula is C146H88O3. The summed E-state index contributed by atoms with van der Waals surface area (Å²) in [6.07, 6.45) is 0. The first-order valence-electron chi connectivity index (χ1n) is 61.4. The van der Waals surface area contributed by atoms with Crippen LogP contribution in [-0.4, -0.2) is 0 Å². The molecule has 0 N–H and O–H groups in total. The number of hydrogen-bond donors (Lipinski definition) is 0. The van der Waals surface area contributed by atoms with Crippen molar-refractivity contribution in [3.05, 3.63) is 533 Å². The van der Waals surface area contributed by atoms with Crippen molar-refractivity contribution in [3.8, 4) is 100 Å². The van der Waals surface area contributed by atoms with Crippen LogP contribution >= 0.6 is 0 Å². The molecule has 0 spiro atoms. The van der Waals surface area contributed by atoms with Gasteiger partial charge in [-0.15, -0.1) is 0 Å². The Morgan fingerprint density at radius 3 is 0.805 bits per heavy atom. The van der Waals surface area contributed by atoms with Gasteiger partial charge in [-0.05, 0) is 289 Å². The van der Waals surface area contributed by atoms with E-state index in [1.165, 1.54) is 0 Å². The molecule has 0 amide bonds. The van der Waals surface area contributed by atoms with Gasteiger partial charge in [0.05, 0.1) is 32.9 Å². The highest BCUT2D eigenvalue weighted by Crippen LogP contribution is 2.55. The maximum atomic E-state index is 9.53. The predicted octanol–water partition coefficient (Wildman–Crippen LogP) is 41.9. The number of benzene rings is 29. The molecule has 0 aliphatic heterocycles. The van der Waals surface area contributed by atoms with Crippen molar-refractivity contribution >= 4 is 217 Å². The highest BCUT2D eigenvalue weighted by Gasteiger charge is 2.28. The standard InChI is InChI=1S/2C50H30O.C46H28O/c1-3-15-37-31(11-1)23-24-33-25-26-35(30-45(33)37)34-13-9-14-36(29-34)47-39-17-5-7-19-41(39)48(42-20-8-6-18-40(42)47)43-21-10-22-46-49(43)44-28-27-32-12-2-4-16-38(32)50(44)51-46;1-3-14-36-31(11-1)23-26-34-13-9-20-37(46(34)36)33-24-27-35(28-25-33)47-39-16-5-7-18-41(39)48(42-19-8-6-17-40(42)47)43-21-10-22-45-49(43)44-30-29-32-12-2-4-15-38(32)50(44)51-45;1-3-17-33-29(12-1)14-10-23-34(33)31-15-9-16-32(28-31)43-36-19-5-7-21-38(36)44(39-22-8-6-20-37(39)43)40-24-11-25-42-45(40)41-27-26-30-13-2-4-18-35(30)46(41)47-42/h2*1-30H;1-28H/i5D,6D,7D,8D,17D,18D,19D,20D;5D,6D,7D,8D,16D,17D,18D,19D;5D,6D,7D,8D,19D,20D,21D,22D. The van der Waals surface area contributed by atoms with E-state index >= 15 is 0 Å². The summed E-state index contributed by atoms with van der Waals surface area (Å²) in [5.74, 6) is 0. The Balaban J connectivity index is 0.000000114. The third-order valence-corrected chi connectivity index (χ3v) is 29.8. The number of rotatable bonds is 9. The average molecular weight is 1910 g/mol. The second-order valence-corrected chi connectivity index (χ2v) is 37.8. The lowest BCUT2D eigenvalue weighted by molar-refractivity contribution is 0.672. The third-order valence-electron chi connectivity index (χ3n) is 29.8. The van der Waals surface area contributed by atoms with E-state index in [-0.39, 0.29) is 143 Å². The maximum Gasteiger partial charge on any atom is 0.143 e. The molecule has 3 heteroatoms. The van der Waals surface area contributed by atoms with Crippen molar-refractivity contribution in [1.82, 2.24) is 0 Å². The van der Waals surface area contributed by atoms with Crippen molar-refractivity contribution in [2.75, 3.05) is 0 Å². The third kappa shape index (κ3) is 13.7. The second-order valence-electron chi connectivity index (χ2n) is 37.8. The molecule has 0 aliphatic rings. The van der Waals surface area contributed by atoms with Gasteiger partial charge in [-0.25, -0.2) is 0 Å². The largest absolute Gasteiger partial charge is 0.455 e. The van der Waals surface area contributed by atoms with Crippen LogP contribution in [0.5, 0.6) is 0 Å². The Kier molecular flexibility index (Phi) is 14.9. The molecule has 0 radical (unpaired) electrons. The lowest BCUT2D eigenvalue weighted by atomic mass is 9.84. The molecule has 32 aromatic rings. The van der Waals surface area contributed by atoms with Crippen LogP contribution in [-0.2, 0) is 0 Å². The van der Waals surface area contributed by atoms with E-state index < -0.39 is 72.5 Å². The molecule has 0 aliphatic carbocycles. The molecule has 690 valence electrons. The molecule has 149 heavy (non-hydrogen) atoms. The zero-order chi connectivity index (χ0) is 119. The summed E-state index contributed by atoms with van der Waals surface area (Å²) in [7, 11) is 0. The SMILES string of the molecule is [2H]c1c([2H])c([2H])c2c(-c3cccc4oc5c6ccccc6ccc5c34)c3c([2H])c([2H])c([2H])c([2H])c3c(-c3ccc(-c4cccc5ccc6ccccc6c45)cc3)c2c1[2H].[2H]c1c([2H])c([2H])c2c(-c3cccc4oc5c6ccccc6ccc5c34)c3c([2H])c([2H])c([2H])c([2H])c3c(-c3cccc(-c4ccc5ccc6ccccc6c5c4)c3)c2c1[2H].[2H]c1c([2H])c([2H])c2c(-c3cccc4oc5c6ccccc6ccc5c34)c3c([2H])c([2H])c([2H])c([2H])c3c(-c3cccc(-c4cccc5ccccc45)c3)c2c1[2H]. The van der Waals surface area contributed by atoms with Crippen molar-refractivity contribution in [1.29, 1.82) is 0 Å². The van der Waals surface area contributed by atoms with Gasteiger partial charge >= 0.3 is 0 Å². The van der Waals surface area contributed by atoms with Crippen LogP contribution in [0.4, 0.5) is 0 Å². The van der Waals surface area contributed by atoms with E-state index in [4.69, 9.17) is 29.7 Å². The minimum Gasteiger partial charge on any atom is -0.455 e. The molecule has 3 aromatic heterocycles. The molecule has 0 saturated carbocycles. The first kappa shape index (κ1) is 64.1. The Labute approximate surface area is 891 Å². The van der Waals surface area contributed by atoms with Crippen molar-refractivity contribution < 1.29 is 46.1 Å². The summed E-state index contributed by atoms with van der Waals surface area (Å²) in [6, 6.07) is 118. The van der Waals surface area contributed by atoms with E-state index in [9.17, 15) is 16.4 Å². The number of furan rings is 3. The fourth-order valence-electron chi connectivity index (χ4n) is 23.3. The van der Waals surface area contributed by atoms with Crippen LogP contribution in [0.15, 0.2) is 547 Å². The summed E-state index contributed by atoms with van der Waals surface area (Å²) >= 11 is 0. The summed E-state index contributed by atoms with van der Waals surface area (Å²) in [5.41, 5.74) is 14.2. The second kappa shape index (κ2) is 34.6. The summed E-state index contributed by atoms with van der Waals surface area (Å²) in [6.45, 7) is 0. The normalized spacial score (nSPS) is 14.1. The van der Waals surface area contributed by atoms with E-state index in [1.807, 2.05) is 297 Å². The van der Waals surface area contributed by atoms with Gasteiger partial charge in [-0.3, -0.25) is 0 Å². The minimum atomic E-state index is -0.442. The van der Waals surface area contributed by atoms with Gasteiger partial charge < -0.3 is 13.3 Å². The molecule has 32 rings (SSSR count). The van der Waals surface area contributed by atoms with Gasteiger partial charge in [-0.2, -0.15) is 0 Å². The van der Waals surface area contributed by atoms with Gasteiger partial charge in [0, 0.05) is 48.5 Å². The van der Waals surface area contributed by atoms with E-state index in [1.54, 1.807) is 18.2 Å². The predicted molar refractivity (Wildman–Crippen MR) is 635 cm³/mol. The van der Waals surface area contributed by atoms with Crippen LogP contribution < -0.4 is 0 Å².